The molecule has 0 atom stereocenters. The molecule has 0 aliphatic carbocycles. The number of hydrogen-bond donors (Lipinski definition) is 4. The van der Waals surface area contributed by atoms with Gasteiger partial charge in [0.1, 0.15) is 0 Å². The van der Waals surface area contributed by atoms with Gasteiger partial charge >= 0.3 is 0 Å². The van der Waals surface area contributed by atoms with E-state index >= 15 is 0 Å². The standard InChI is InChI=1S/C16H40N6/c1-21(12-5-11-20-10-2-7-17)13-6-16-22(14-3-8-18)15-4-9-19/h20H,2-19H2,1H3. The largest absolute Gasteiger partial charge is 0.330 e. The van der Waals surface area contributed by atoms with Gasteiger partial charge in [0.2, 0.25) is 0 Å². The van der Waals surface area contributed by atoms with Crippen molar-refractivity contribution in [2.45, 2.75) is 32.1 Å². The average Bonchev–Trinajstić information content (AvgIpc) is 2.52. The van der Waals surface area contributed by atoms with E-state index in [1.165, 1.54) is 12.8 Å². The fraction of sp³-hybridized carbons (Fsp3) is 1.00. The van der Waals surface area contributed by atoms with Crippen molar-refractivity contribution in [1.29, 1.82) is 0 Å². The van der Waals surface area contributed by atoms with Crippen LogP contribution >= 0.6 is 0 Å². The van der Waals surface area contributed by atoms with Crippen molar-refractivity contribution in [3.63, 3.8) is 0 Å². The Morgan fingerprint density at radius 2 is 1.14 bits per heavy atom. The predicted octanol–water partition coefficient (Wildman–Crippen LogP) is -0.364. The topological polar surface area (TPSA) is 96.6 Å². The number of rotatable bonds is 17. The zero-order chi connectivity index (χ0) is 16.5. The molecule has 0 saturated heterocycles. The predicted molar refractivity (Wildman–Crippen MR) is 97.1 cm³/mol. The zero-order valence-corrected chi connectivity index (χ0v) is 14.7. The lowest BCUT2D eigenvalue weighted by molar-refractivity contribution is 0.241. The van der Waals surface area contributed by atoms with Crippen LogP contribution in [0, 0.1) is 0 Å². The first-order valence-corrected chi connectivity index (χ1v) is 8.96. The molecule has 0 bridgehead atoms. The van der Waals surface area contributed by atoms with Crippen molar-refractivity contribution in [2.75, 3.05) is 72.5 Å². The third-order valence-electron chi connectivity index (χ3n) is 3.82. The van der Waals surface area contributed by atoms with Gasteiger partial charge in [-0.15, -0.1) is 0 Å². The summed E-state index contributed by atoms with van der Waals surface area (Å²) in [6.45, 7) is 10.1. The Hall–Kier alpha value is -0.240. The lowest BCUT2D eigenvalue weighted by atomic mass is 10.3. The SMILES string of the molecule is CN(CCCNCCCN)CCCN(CCCN)CCCN. The molecule has 6 nitrogen and oxygen atoms in total. The number of nitrogens with one attached hydrogen (secondary N) is 1. The molecule has 0 aromatic rings. The molecule has 134 valence electrons. The first-order valence-electron chi connectivity index (χ1n) is 8.96. The van der Waals surface area contributed by atoms with Crippen molar-refractivity contribution >= 4 is 0 Å². The Balaban J connectivity index is 3.58. The molecule has 0 fully saturated rings. The molecule has 7 N–H and O–H groups in total. The highest BCUT2D eigenvalue weighted by Gasteiger charge is 2.05. The summed E-state index contributed by atoms with van der Waals surface area (Å²) in [5, 5.41) is 3.42. The van der Waals surface area contributed by atoms with Crippen molar-refractivity contribution in [2.24, 2.45) is 17.2 Å². The Morgan fingerprint density at radius 1 is 0.636 bits per heavy atom. The molecule has 6 heteroatoms. The van der Waals surface area contributed by atoms with E-state index in [4.69, 9.17) is 17.2 Å². The third kappa shape index (κ3) is 14.7. The summed E-state index contributed by atoms with van der Waals surface area (Å²) in [5.41, 5.74) is 16.7. The Labute approximate surface area is 137 Å². The molecule has 0 aliphatic heterocycles. The highest BCUT2D eigenvalue weighted by molar-refractivity contribution is 4.62. The van der Waals surface area contributed by atoms with Crippen LogP contribution in [-0.4, -0.2) is 82.3 Å². The molecule has 0 aromatic carbocycles. The van der Waals surface area contributed by atoms with E-state index in [-0.39, 0.29) is 0 Å². The van der Waals surface area contributed by atoms with Gasteiger partial charge in [-0.2, -0.15) is 0 Å². The molecule has 0 saturated carbocycles. The first kappa shape index (κ1) is 21.8. The highest BCUT2D eigenvalue weighted by atomic mass is 15.1. The molecule has 0 radical (unpaired) electrons. The van der Waals surface area contributed by atoms with Crippen molar-refractivity contribution in [1.82, 2.24) is 15.1 Å². The lowest BCUT2D eigenvalue weighted by Gasteiger charge is -2.23. The van der Waals surface area contributed by atoms with Gasteiger partial charge in [0, 0.05) is 0 Å². The summed E-state index contributed by atoms with van der Waals surface area (Å²) in [5.74, 6) is 0. The normalized spacial score (nSPS) is 11.7. The molecule has 0 spiro atoms. The molecule has 22 heavy (non-hydrogen) atoms. The minimum absolute atomic E-state index is 0.774. The van der Waals surface area contributed by atoms with Gasteiger partial charge in [-0.3, -0.25) is 0 Å². The number of nitrogens with two attached hydrogens (primary N) is 3. The summed E-state index contributed by atoms with van der Waals surface area (Å²) >= 11 is 0. The maximum atomic E-state index is 5.61. The van der Waals surface area contributed by atoms with Gasteiger partial charge in [-0.25, -0.2) is 0 Å². The molecule has 0 aliphatic rings. The molecule has 0 rings (SSSR count). The third-order valence-corrected chi connectivity index (χ3v) is 3.82. The fourth-order valence-electron chi connectivity index (χ4n) is 2.47. The highest BCUT2D eigenvalue weighted by Crippen LogP contribution is 1.98. The van der Waals surface area contributed by atoms with Crippen molar-refractivity contribution in [3.05, 3.63) is 0 Å². The second-order valence-electron chi connectivity index (χ2n) is 6.03. The van der Waals surface area contributed by atoms with Crippen LogP contribution in [0.5, 0.6) is 0 Å². The van der Waals surface area contributed by atoms with Crippen LogP contribution in [0.4, 0.5) is 0 Å². The monoisotopic (exact) mass is 316 g/mol. The van der Waals surface area contributed by atoms with E-state index in [0.29, 0.717) is 0 Å². The van der Waals surface area contributed by atoms with Crippen molar-refractivity contribution in [3.8, 4) is 0 Å². The van der Waals surface area contributed by atoms with E-state index in [0.717, 1.165) is 84.7 Å². The van der Waals surface area contributed by atoms with E-state index in [2.05, 4.69) is 22.2 Å². The summed E-state index contributed by atoms with van der Waals surface area (Å²) in [4.78, 5) is 4.93. The second-order valence-corrected chi connectivity index (χ2v) is 6.03. The van der Waals surface area contributed by atoms with E-state index in [1.54, 1.807) is 0 Å². The van der Waals surface area contributed by atoms with Gasteiger partial charge < -0.3 is 32.3 Å². The van der Waals surface area contributed by atoms with Gasteiger partial charge in [-0.1, -0.05) is 0 Å². The second kappa shape index (κ2) is 17.1. The zero-order valence-electron chi connectivity index (χ0n) is 14.7. The summed E-state index contributed by atoms with van der Waals surface area (Å²) in [6, 6.07) is 0. The maximum Gasteiger partial charge on any atom is -0.000653 e. The lowest BCUT2D eigenvalue weighted by Crippen LogP contribution is -2.32. The Morgan fingerprint density at radius 3 is 1.73 bits per heavy atom. The minimum Gasteiger partial charge on any atom is -0.330 e. The van der Waals surface area contributed by atoms with Crippen LogP contribution in [0.3, 0.4) is 0 Å². The molecule has 0 unspecified atom stereocenters. The average molecular weight is 317 g/mol. The maximum absolute atomic E-state index is 5.61. The van der Waals surface area contributed by atoms with Crippen LogP contribution in [0.15, 0.2) is 0 Å². The molecular formula is C16H40N6. The number of hydrogen-bond acceptors (Lipinski definition) is 6. The quantitative estimate of drug-likeness (QED) is 0.274. The van der Waals surface area contributed by atoms with Gasteiger partial charge in [0.15, 0.2) is 0 Å². The molecular weight excluding hydrogens is 276 g/mol. The van der Waals surface area contributed by atoms with Crippen LogP contribution < -0.4 is 22.5 Å². The summed E-state index contributed by atoms with van der Waals surface area (Å²) in [6.07, 6.45) is 5.64. The van der Waals surface area contributed by atoms with E-state index in [9.17, 15) is 0 Å². The molecule has 0 amide bonds. The fourth-order valence-corrected chi connectivity index (χ4v) is 2.47. The Bertz CT molecular complexity index is 207. The Kier molecular flexibility index (Phi) is 16.9. The summed E-state index contributed by atoms with van der Waals surface area (Å²) < 4.78 is 0. The van der Waals surface area contributed by atoms with Crippen molar-refractivity contribution < 1.29 is 0 Å². The number of nitrogens with zero attached hydrogens (tertiary/aromatic N) is 2. The van der Waals surface area contributed by atoms with Crippen LogP contribution in [0.2, 0.25) is 0 Å². The minimum atomic E-state index is 0.774. The summed E-state index contributed by atoms with van der Waals surface area (Å²) in [7, 11) is 2.21. The van der Waals surface area contributed by atoms with E-state index in [1.807, 2.05) is 0 Å². The van der Waals surface area contributed by atoms with Crippen LogP contribution in [-0.2, 0) is 0 Å². The molecule has 0 aromatic heterocycles. The van der Waals surface area contributed by atoms with Gasteiger partial charge in [0.05, 0.1) is 0 Å². The smallest absolute Gasteiger partial charge is 0.000653 e. The van der Waals surface area contributed by atoms with E-state index < -0.39 is 0 Å². The van der Waals surface area contributed by atoms with Gasteiger partial charge in [0.25, 0.3) is 0 Å². The van der Waals surface area contributed by atoms with Crippen LogP contribution in [0.1, 0.15) is 32.1 Å². The van der Waals surface area contributed by atoms with Crippen LogP contribution in [0.25, 0.3) is 0 Å². The van der Waals surface area contributed by atoms with Gasteiger partial charge in [-0.05, 0) is 105 Å². The first-order chi connectivity index (χ1) is 10.7. The molecule has 0 heterocycles.